The second-order valence-electron chi connectivity index (χ2n) is 6.16. The van der Waals surface area contributed by atoms with Crippen LogP contribution in [-0.4, -0.2) is 31.0 Å². The summed E-state index contributed by atoms with van der Waals surface area (Å²) in [7, 11) is 0. The number of benzene rings is 1. The van der Waals surface area contributed by atoms with Gasteiger partial charge in [0.2, 0.25) is 5.91 Å². The zero-order valence-corrected chi connectivity index (χ0v) is 15.3. The number of amides is 2. The van der Waals surface area contributed by atoms with E-state index in [0.29, 0.717) is 18.3 Å². The first kappa shape index (κ1) is 18.2. The Bertz CT molecular complexity index is 750. The highest BCUT2D eigenvalue weighted by Gasteiger charge is 2.23. The fourth-order valence-corrected chi connectivity index (χ4v) is 2.95. The monoisotopic (exact) mass is 370 g/mol. The topological polar surface area (TPSA) is 67.4 Å². The van der Waals surface area contributed by atoms with E-state index < -0.39 is 0 Å². The van der Waals surface area contributed by atoms with Crippen LogP contribution in [0.1, 0.15) is 23.3 Å². The van der Waals surface area contributed by atoms with E-state index in [1.807, 2.05) is 47.9 Å². The molecule has 1 fully saturated rings. The molecule has 0 spiro atoms. The molecular formula is C20H22N2O3S. The molecule has 0 atom stereocenters. The largest absolute Gasteiger partial charge is 0.484 e. The molecule has 3 rings (SSSR count). The van der Waals surface area contributed by atoms with Gasteiger partial charge in [-0.2, -0.15) is 0 Å². The highest BCUT2D eigenvalue weighted by Crippen LogP contribution is 2.18. The van der Waals surface area contributed by atoms with E-state index in [4.69, 9.17) is 4.74 Å². The molecule has 0 unspecified atom stereocenters. The van der Waals surface area contributed by atoms with Gasteiger partial charge in [-0.1, -0.05) is 18.2 Å². The van der Waals surface area contributed by atoms with Crippen molar-refractivity contribution in [2.24, 2.45) is 0 Å². The Balaban J connectivity index is 1.34. The Morgan fingerprint density at radius 3 is 2.69 bits per heavy atom. The van der Waals surface area contributed by atoms with E-state index in [9.17, 15) is 9.59 Å². The number of carbonyl (C=O) groups excluding carboxylic acids is 2. The van der Waals surface area contributed by atoms with E-state index in [-0.39, 0.29) is 18.4 Å². The van der Waals surface area contributed by atoms with E-state index in [2.05, 4.69) is 10.6 Å². The molecular weight excluding hydrogens is 348 g/mol. The minimum Gasteiger partial charge on any atom is -0.484 e. The summed E-state index contributed by atoms with van der Waals surface area (Å²) in [5.41, 5.74) is 1.10. The van der Waals surface area contributed by atoms with Gasteiger partial charge in [0.25, 0.3) is 5.91 Å². The van der Waals surface area contributed by atoms with Gasteiger partial charge >= 0.3 is 0 Å². The van der Waals surface area contributed by atoms with Crippen molar-refractivity contribution in [1.82, 2.24) is 10.6 Å². The first-order chi connectivity index (χ1) is 12.7. The summed E-state index contributed by atoms with van der Waals surface area (Å²) in [5.74, 6) is 0.498. The van der Waals surface area contributed by atoms with Crippen molar-refractivity contribution in [1.29, 1.82) is 0 Å². The number of hydrogen-bond acceptors (Lipinski definition) is 4. The third kappa shape index (κ3) is 6.37. The van der Waals surface area contributed by atoms with Gasteiger partial charge in [-0.15, -0.1) is 11.3 Å². The summed E-state index contributed by atoms with van der Waals surface area (Å²) in [4.78, 5) is 24.4. The molecule has 1 saturated carbocycles. The molecule has 0 bridgehead atoms. The lowest BCUT2D eigenvalue weighted by Gasteiger charge is -2.08. The standard InChI is InChI=1S/C20H22N2O3S/c23-19(10-9-18-2-1-13-26-18)21-12-11-15-3-7-17(8-4-15)25-14-20(24)22-16-5-6-16/h1-4,7-10,13,16H,5-6,11-12,14H2,(H,21,23)(H,22,24)/b10-9+. The van der Waals surface area contributed by atoms with Crippen molar-refractivity contribution in [3.63, 3.8) is 0 Å². The van der Waals surface area contributed by atoms with Crippen LogP contribution < -0.4 is 15.4 Å². The third-order valence-electron chi connectivity index (χ3n) is 3.89. The van der Waals surface area contributed by atoms with Crippen molar-refractivity contribution in [3.05, 3.63) is 58.3 Å². The van der Waals surface area contributed by atoms with Gasteiger partial charge in [0, 0.05) is 23.5 Å². The van der Waals surface area contributed by atoms with Crippen LogP contribution in [0.15, 0.2) is 47.9 Å². The van der Waals surface area contributed by atoms with Crippen molar-refractivity contribution in [2.45, 2.75) is 25.3 Å². The highest BCUT2D eigenvalue weighted by atomic mass is 32.1. The minimum absolute atomic E-state index is 0.0441. The number of rotatable bonds is 9. The zero-order chi connectivity index (χ0) is 18.2. The molecule has 1 aliphatic carbocycles. The van der Waals surface area contributed by atoms with E-state index in [1.54, 1.807) is 17.4 Å². The summed E-state index contributed by atoms with van der Waals surface area (Å²) in [6.07, 6.45) is 6.24. The summed E-state index contributed by atoms with van der Waals surface area (Å²) >= 11 is 1.59. The van der Waals surface area contributed by atoms with Crippen LogP contribution in [0.2, 0.25) is 0 Å². The Kier molecular flexibility index (Phi) is 6.44. The molecule has 1 aliphatic rings. The number of carbonyl (C=O) groups is 2. The molecule has 1 heterocycles. The van der Waals surface area contributed by atoms with Gasteiger partial charge in [0.05, 0.1) is 0 Å². The smallest absolute Gasteiger partial charge is 0.258 e. The van der Waals surface area contributed by atoms with Crippen LogP contribution in [0.3, 0.4) is 0 Å². The van der Waals surface area contributed by atoms with Gasteiger partial charge in [0.15, 0.2) is 6.61 Å². The number of thiophene rings is 1. The molecule has 1 aromatic carbocycles. The predicted molar refractivity (Wildman–Crippen MR) is 103 cm³/mol. The summed E-state index contributed by atoms with van der Waals surface area (Å²) in [6.45, 7) is 0.611. The van der Waals surface area contributed by atoms with Crippen LogP contribution in [0.4, 0.5) is 0 Å². The van der Waals surface area contributed by atoms with Crippen LogP contribution in [0.5, 0.6) is 5.75 Å². The Morgan fingerprint density at radius 1 is 1.19 bits per heavy atom. The van der Waals surface area contributed by atoms with Gasteiger partial charge in [0.1, 0.15) is 5.75 Å². The molecule has 6 heteroatoms. The van der Waals surface area contributed by atoms with Gasteiger partial charge < -0.3 is 15.4 Å². The van der Waals surface area contributed by atoms with Crippen LogP contribution >= 0.6 is 11.3 Å². The first-order valence-electron chi connectivity index (χ1n) is 8.69. The van der Waals surface area contributed by atoms with Gasteiger partial charge in [-0.25, -0.2) is 0 Å². The number of ether oxygens (including phenoxy) is 1. The SMILES string of the molecule is O=C(/C=C/c1cccs1)NCCc1ccc(OCC(=O)NC2CC2)cc1. The summed E-state index contributed by atoms with van der Waals surface area (Å²) in [5, 5.41) is 7.73. The maximum atomic E-state index is 11.8. The fraction of sp³-hybridized carbons (Fsp3) is 0.300. The average Bonchev–Trinajstić information content (AvgIpc) is 3.30. The zero-order valence-electron chi connectivity index (χ0n) is 14.4. The Hall–Kier alpha value is -2.60. The summed E-state index contributed by atoms with van der Waals surface area (Å²) < 4.78 is 5.47. The Morgan fingerprint density at radius 2 is 2.00 bits per heavy atom. The molecule has 2 aromatic rings. The van der Waals surface area contributed by atoms with E-state index in [1.165, 1.54) is 0 Å². The minimum atomic E-state index is -0.0972. The predicted octanol–water partition coefficient (Wildman–Crippen LogP) is 2.78. The van der Waals surface area contributed by atoms with E-state index in [0.717, 1.165) is 29.7 Å². The van der Waals surface area contributed by atoms with E-state index >= 15 is 0 Å². The molecule has 2 N–H and O–H groups in total. The van der Waals surface area contributed by atoms with Crippen molar-refractivity contribution in [2.75, 3.05) is 13.2 Å². The lowest BCUT2D eigenvalue weighted by molar-refractivity contribution is -0.123. The average molecular weight is 370 g/mol. The normalized spacial score (nSPS) is 13.5. The molecule has 0 aliphatic heterocycles. The van der Waals surface area contributed by atoms with Crippen molar-refractivity contribution in [3.8, 4) is 5.75 Å². The molecule has 136 valence electrons. The maximum Gasteiger partial charge on any atom is 0.258 e. The van der Waals surface area contributed by atoms with Gasteiger partial charge in [-0.3, -0.25) is 9.59 Å². The van der Waals surface area contributed by atoms with Crippen LogP contribution in [-0.2, 0) is 16.0 Å². The number of nitrogens with one attached hydrogen (secondary N) is 2. The number of hydrogen-bond donors (Lipinski definition) is 2. The van der Waals surface area contributed by atoms with Gasteiger partial charge in [-0.05, 0) is 54.5 Å². The lowest BCUT2D eigenvalue weighted by atomic mass is 10.1. The van der Waals surface area contributed by atoms with Crippen molar-refractivity contribution < 1.29 is 14.3 Å². The molecule has 0 radical (unpaired) electrons. The molecule has 0 saturated heterocycles. The molecule has 5 nitrogen and oxygen atoms in total. The molecule has 26 heavy (non-hydrogen) atoms. The highest BCUT2D eigenvalue weighted by molar-refractivity contribution is 7.10. The Labute approximate surface area is 157 Å². The maximum absolute atomic E-state index is 11.8. The fourth-order valence-electron chi connectivity index (χ4n) is 2.33. The summed E-state index contributed by atoms with van der Waals surface area (Å²) in [6, 6.07) is 11.9. The van der Waals surface area contributed by atoms with Crippen LogP contribution in [0.25, 0.3) is 6.08 Å². The molecule has 1 aromatic heterocycles. The lowest BCUT2D eigenvalue weighted by Crippen LogP contribution is -2.30. The quantitative estimate of drug-likeness (QED) is 0.667. The van der Waals surface area contributed by atoms with Crippen molar-refractivity contribution >= 4 is 29.2 Å². The molecule has 2 amide bonds. The third-order valence-corrected chi connectivity index (χ3v) is 4.73. The van der Waals surface area contributed by atoms with Crippen LogP contribution in [0, 0.1) is 0 Å². The second kappa shape index (κ2) is 9.20. The second-order valence-corrected chi connectivity index (χ2v) is 7.14. The first-order valence-corrected chi connectivity index (χ1v) is 9.57.